The Hall–Kier alpha value is -2.83. The van der Waals surface area contributed by atoms with Gasteiger partial charge in [0.15, 0.2) is 37.2 Å². The first-order valence-electron chi connectivity index (χ1n) is 31.9. The molecule has 4 aliphatic carbocycles. The number of fused-ring (bicyclic) bond motifs is 4. The molecule has 90 heavy (non-hydrogen) atoms. The maximum absolute atomic E-state index is 13.0. The minimum absolute atomic E-state index is 0.0654. The van der Waals surface area contributed by atoms with E-state index in [0.29, 0.717) is 24.7 Å². The van der Waals surface area contributed by atoms with Crippen LogP contribution in [0.3, 0.4) is 0 Å². The molecule has 9 aliphatic rings. The maximum atomic E-state index is 13.0. The zero-order valence-electron chi connectivity index (χ0n) is 52.8. The molecule has 15 N–H and O–H groups in total. The smallest absolute Gasteiger partial charge is 0.217 e. The highest BCUT2D eigenvalue weighted by molar-refractivity contribution is 5.90. The van der Waals surface area contributed by atoms with Crippen molar-refractivity contribution in [1.82, 2.24) is 10.6 Å². The Labute approximate surface area is 524 Å². The van der Waals surface area contributed by atoms with Crippen LogP contribution in [0.1, 0.15) is 120 Å². The number of ketones is 1. The first kappa shape index (κ1) is 71.5. The van der Waals surface area contributed by atoms with Crippen LogP contribution >= 0.6 is 0 Å². The van der Waals surface area contributed by atoms with Gasteiger partial charge in [-0.05, 0) is 111 Å². The Bertz CT molecular complexity index is 2540. The number of amides is 2. The fourth-order valence-corrected chi connectivity index (χ4v) is 17.0. The molecule has 7 fully saturated rings. The zero-order valence-corrected chi connectivity index (χ0v) is 52.8. The second-order valence-electron chi connectivity index (χ2n) is 28.1. The Balaban J connectivity index is 0.984. The summed E-state index contributed by atoms with van der Waals surface area (Å²) in [6, 6.07) is -3.06. The molecular formula is C62H100N2O26. The van der Waals surface area contributed by atoms with E-state index >= 15 is 0 Å². The van der Waals surface area contributed by atoms with E-state index in [1.54, 1.807) is 11.6 Å². The molecule has 0 bridgehead atoms. The summed E-state index contributed by atoms with van der Waals surface area (Å²) in [6.07, 6.45) is -29.4. The van der Waals surface area contributed by atoms with E-state index in [0.717, 1.165) is 64.4 Å². The molecule has 0 unspecified atom stereocenters. The largest absolute Gasteiger partial charge is 0.394 e. The third-order valence-corrected chi connectivity index (χ3v) is 21.6. The molecule has 0 spiro atoms. The van der Waals surface area contributed by atoms with Crippen molar-refractivity contribution in [3.05, 3.63) is 22.8 Å². The highest BCUT2D eigenvalue weighted by atomic mass is 16.8. The Kier molecular flexibility index (Phi) is 22.9. The first-order valence-corrected chi connectivity index (χ1v) is 31.9. The topological polar surface area (TPSA) is 431 Å². The number of hydrogen-bond donors (Lipinski definition) is 15. The molecule has 5 saturated heterocycles. The van der Waals surface area contributed by atoms with Gasteiger partial charge in [-0.1, -0.05) is 51.3 Å². The third-order valence-electron chi connectivity index (χ3n) is 21.6. The summed E-state index contributed by atoms with van der Waals surface area (Å²) in [7, 11) is 0. The predicted molar refractivity (Wildman–Crippen MR) is 309 cm³/mol. The van der Waals surface area contributed by atoms with Gasteiger partial charge in [0, 0.05) is 20.3 Å². The van der Waals surface area contributed by atoms with Gasteiger partial charge >= 0.3 is 0 Å². The van der Waals surface area contributed by atoms with Crippen LogP contribution in [-0.2, 0) is 61.8 Å². The minimum atomic E-state index is -1.99. The first-order chi connectivity index (χ1) is 42.4. The van der Waals surface area contributed by atoms with Crippen LogP contribution in [0.2, 0.25) is 0 Å². The van der Waals surface area contributed by atoms with Gasteiger partial charge in [-0.3, -0.25) is 14.4 Å². The lowest BCUT2D eigenvalue weighted by Gasteiger charge is -2.61. The van der Waals surface area contributed by atoms with Crippen molar-refractivity contribution in [2.75, 3.05) is 33.0 Å². The summed E-state index contributed by atoms with van der Waals surface area (Å²) in [4.78, 5) is 38.4. The number of carbonyl (C=O) groups is 3. The summed E-state index contributed by atoms with van der Waals surface area (Å²) in [6.45, 7) is 13.8. The summed E-state index contributed by atoms with van der Waals surface area (Å²) in [5.41, 5.74) is 3.39. The molecule has 9 rings (SSSR count). The molecule has 28 nitrogen and oxygen atoms in total. The van der Waals surface area contributed by atoms with E-state index in [2.05, 4.69) is 45.3 Å². The lowest BCUT2D eigenvalue weighted by Crippen LogP contribution is -2.68. The van der Waals surface area contributed by atoms with Crippen LogP contribution in [0, 0.1) is 39.9 Å². The normalized spacial score (nSPS) is 47.3. The predicted octanol–water partition coefficient (Wildman–Crippen LogP) is -2.68. The number of rotatable bonds is 20. The van der Waals surface area contributed by atoms with Gasteiger partial charge in [-0.2, -0.15) is 0 Å². The molecule has 514 valence electrons. The van der Waals surface area contributed by atoms with Gasteiger partial charge < -0.3 is 124 Å². The van der Waals surface area contributed by atoms with Crippen LogP contribution in [0.5, 0.6) is 0 Å². The van der Waals surface area contributed by atoms with Crippen molar-refractivity contribution in [3.63, 3.8) is 0 Å². The second-order valence-corrected chi connectivity index (χ2v) is 28.1. The minimum Gasteiger partial charge on any atom is -0.394 e. The summed E-state index contributed by atoms with van der Waals surface area (Å²) in [5.74, 6) is -0.00445. The monoisotopic (exact) mass is 1290 g/mol. The van der Waals surface area contributed by atoms with E-state index in [4.69, 9.17) is 47.4 Å². The summed E-state index contributed by atoms with van der Waals surface area (Å²) < 4.78 is 61.9. The van der Waals surface area contributed by atoms with Gasteiger partial charge in [0.05, 0.1) is 39.1 Å². The number of nitrogens with one attached hydrogen (secondary N) is 2. The van der Waals surface area contributed by atoms with E-state index in [9.17, 15) is 80.8 Å². The number of hydrogen-bond acceptors (Lipinski definition) is 26. The lowest BCUT2D eigenvalue weighted by atomic mass is 9.45. The van der Waals surface area contributed by atoms with Crippen molar-refractivity contribution in [2.24, 2.45) is 39.9 Å². The van der Waals surface area contributed by atoms with E-state index in [1.807, 2.05) is 13.8 Å². The molecule has 0 aromatic rings. The quantitative estimate of drug-likeness (QED) is 0.0436. The number of aliphatic hydroxyl groups excluding tert-OH is 13. The van der Waals surface area contributed by atoms with Gasteiger partial charge in [0.2, 0.25) is 11.8 Å². The molecule has 5 heterocycles. The fourth-order valence-electron chi connectivity index (χ4n) is 17.0. The van der Waals surface area contributed by atoms with E-state index in [1.165, 1.54) is 5.57 Å². The Morgan fingerprint density at radius 2 is 1.11 bits per heavy atom. The number of aliphatic hydroxyl groups is 13. The number of allylic oxidation sites excluding steroid dienone is 4. The van der Waals surface area contributed by atoms with Crippen LogP contribution < -0.4 is 10.6 Å². The van der Waals surface area contributed by atoms with E-state index < -0.39 is 204 Å². The molecule has 28 heteroatoms. The molecule has 0 radical (unpaired) electrons. The highest BCUT2D eigenvalue weighted by Crippen LogP contribution is 2.68. The van der Waals surface area contributed by atoms with Crippen LogP contribution in [0.15, 0.2) is 22.8 Å². The molecular weight excluding hydrogens is 1190 g/mol. The number of ether oxygens (including phenoxy) is 10. The molecule has 5 aliphatic heterocycles. The third kappa shape index (κ3) is 14.1. The highest BCUT2D eigenvalue weighted by Gasteiger charge is 2.62. The standard InChI is InChI=1S/C62H100N2O26/c1-25(2)18-29(70)19-26(3)31-11-12-32-30-10-13-39-60(6,7)40(15-17-62(39,9)33(30)14-16-61(31,32)8)88-59-53(47(75)38(24-82-59)87-55-41(63-27(4)68)48(76)43(71)34(20-65)83-55)89-56-42(64-28(5)69)49(77)46(74)37(86-56)23-81-58-54(51(79)45(73)36(22-67)85-58)90-57-52(80)50(78)44(72)35(21-66)84-57/h18,26,31-32,34-59,65-67,71-80H,10-17,19-24H2,1-9H3,(H,63,68)(H,64,69)/t26-,31+,32-,34+,35+,36+,37+,38+,39-,40-,41+,42+,43-,44+,45+,46+,47-,48+,49+,50-,51-,52+,53+,54+,55-,56-,57-,58+,59-,61+,62+/m0/s1. The molecule has 31 atom stereocenters. The molecule has 0 aromatic carbocycles. The maximum Gasteiger partial charge on any atom is 0.217 e. The Morgan fingerprint density at radius 1 is 0.578 bits per heavy atom. The van der Waals surface area contributed by atoms with E-state index in [-0.39, 0.29) is 28.4 Å². The SMILES string of the molecule is CC(=O)N[C@H]1[C@H](O[C@@H]2CO[C@@H](O[C@H]3CC[C@]4(C)C5=C(CC[C@H]4C3(C)C)[C@@H]3CC[C@H]([C@@H](C)CC(=O)C=C(C)C)[C@@]3(C)CC5)[C@H](O[C@@H]3O[C@H](CO[C@@H]4O[C@H](CO)[C@@H](O)[C@H](O)[C@H]4O[C@@H]4O[C@H](CO)[C@@H](O)[C@H](O)[C@H]4O)[C@@H](O)[C@H](O)[C@H]3NC(C)=O)[C@H]2O)O[C@H](CO)[C@H](O)[C@@H]1O. The van der Waals surface area contributed by atoms with Crippen molar-refractivity contribution in [1.29, 1.82) is 0 Å². The second kappa shape index (κ2) is 28.9. The van der Waals surface area contributed by atoms with Crippen molar-refractivity contribution < 1.29 is 128 Å². The van der Waals surface area contributed by atoms with Gasteiger partial charge in [0.25, 0.3) is 0 Å². The number of carbonyl (C=O) groups excluding carboxylic acids is 3. The van der Waals surface area contributed by atoms with Crippen LogP contribution in [0.4, 0.5) is 0 Å². The van der Waals surface area contributed by atoms with Crippen molar-refractivity contribution >= 4 is 17.6 Å². The van der Waals surface area contributed by atoms with Gasteiger partial charge in [0.1, 0.15) is 116 Å². The van der Waals surface area contributed by atoms with Crippen LogP contribution in [-0.4, -0.2) is 270 Å². The van der Waals surface area contributed by atoms with Crippen molar-refractivity contribution in [3.8, 4) is 0 Å². The lowest BCUT2D eigenvalue weighted by molar-refractivity contribution is -0.379. The Morgan fingerprint density at radius 3 is 1.71 bits per heavy atom. The van der Waals surface area contributed by atoms with Crippen molar-refractivity contribution in [2.45, 2.75) is 274 Å². The van der Waals surface area contributed by atoms with Gasteiger partial charge in [-0.25, -0.2) is 0 Å². The van der Waals surface area contributed by atoms with Crippen LogP contribution in [0.25, 0.3) is 0 Å². The average molecular weight is 1290 g/mol. The average Bonchev–Trinajstić information content (AvgIpc) is 1.19. The fraction of sp³-hybridized carbons (Fsp3) is 0.887. The summed E-state index contributed by atoms with van der Waals surface area (Å²) in [5, 5.41) is 147. The molecule has 2 amide bonds. The summed E-state index contributed by atoms with van der Waals surface area (Å²) >= 11 is 0. The molecule has 0 aromatic heterocycles. The molecule has 2 saturated carbocycles. The zero-order chi connectivity index (χ0) is 65.8. The van der Waals surface area contributed by atoms with Gasteiger partial charge in [-0.15, -0.1) is 0 Å².